The molecule has 4 heteroatoms. The van der Waals surface area contributed by atoms with Gasteiger partial charge in [-0.05, 0) is 25.7 Å². The van der Waals surface area contributed by atoms with Crippen LogP contribution in [0.2, 0.25) is 0 Å². The summed E-state index contributed by atoms with van der Waals surface area (Å²) in [6, 6.07) is 0. The molecule has 3 fully saturated rings. The highest BCUT2D eigenvalue weighted by molar-refractivity contribution is 4.82. The molecule has 3 rings (SSSR count). The van der Waals surface area contributed by atoms with Gasteiger partial charge in [0.2, 0.25) is 0 Å². The third-order valence-electron chi connectivity index (χ3n) is 7.63. The van der Waals surface area contributed by atoms with Gasteiger partial charge in [-0.25, -0.2) is 0 Å². The summed E-state index contributed by atoms with van der Waals surface area (Å²) in [5.41, 5.74) is 0.298. The third-order valence-corrected chi connectivity index (χ3v) is 7.63. The van der Waals surface area contributed by atoms with E-state index in [2.05, 4.69) is 27.7 Å². The Morgan fingerprint density at radius 2 is 0.562 bits per heavy atom. The molecule has 2 saturated heterocycles. The Hall–Kier alpha value is -0.160. The van der Waals surface area contributed by atoms with Crippen LogP contribution in [0.25, 0.3) is 0 Å². The lowest BCUT2D eigenvalue weighted by atomic mass is 9.91. The summed E-state index contributed by atoms with van der Waals surface area (Å²) in [4.78, 5) is 0. The van der Waals surface area contributed by atoms with Crippen molar-refractivity contribution < 1.29 is 18.9 Å². The lowest BCUT2D eigenvalue weighted by molar-refractivity contribution is -0.305. The van der Waals surface area contributed by atoms with Gasteiger partial charge in [0.25, 0.3) is 0 Å². The van der Waals surface area contributed by atoms with Gasteiger partial charge in [0.15, 0.2) is 11.6 Å². The van der Waals surface area contributed by atoms with Crippen LogP contribution >= 0.6 is 0 Å². The van der Waals surface area contributed by atoms with E-state index in [-0.39, 0.29) is 22.4 Å². The fraction of sp³-hybridized carbons (Fsp3) is 1.00. The van der Waals surface area contributed by atoms with Crippen LogP contribution < -0.4 is 0 Å². The zero-order chi connectivity index (χ0) is 23.0. The van der Waals surface area contributed by atoms with Crippen molar-refractivity contribution in [1.29, 1.82) is 0 Å². The van der Waals surface area contributed by atoms with Gasteiger partial charge in [0, 0.05) is 36.5 Å². The van der Waals surface area contributed by atoms with E-state index in [0.29, 0.717) is 0 Å². The summed E-state index contributed by atoms with van der Waals surface area (Å²) in [7, 11) is 0. The molecule has 2 heterocycles. The molecule has 4 nitrogen and oxygen atoms in total. The van der Waals surface area contributed by atoms with Gasteiger partial charge in [-0.2, -0.15) is 0 Å². The van der Waals surface area contributed by atoms with Crippen LogP contribution in [0.15, 0.2) is 0 Å². The first-order chi connectivity index (χ1) is 15.2. The summed E-state index contributed by atoms with van der Waals surface area (Å²) in [6.07, 6.45) is 19.5. The van der Waals surface area contributed by atoms with E-state index in [9.17, 15) is 0 Å². The van der Waals surface area contributed by atoms with Crippen molar-refractivity contribution >= 4 is 0 Å². The van der Waals surface area contributed by atoms with Gasteiger partial charge in [0.05, 0.1) is 26.4 Å². The zero-order valence-corrected chi connectivity index (χ0v) is 21.8. The van der Waals surface area contributed by atoms with Crippen LogP contribution in [0.5, 0.6) is 0 Å². The summed E-state index contributed by atoms with van der Waals surface area (Å²) < 4.78 is 25.6. The molecule has 3 aliphatic rings. The molecule has 188 valence electrons. The van der Waals surface area contributed by atoms with Crippen molar-refractivity contribution in [2.75, 3.05) is 26.4 Å². The second-order valence-corrected chi connectivity index (χ2v) is 12.5. The molecule has 2 spiro atoms. The first kappa shape index (κ1) is 26.4. The quantitative estimate of drug-likeness (QED) is 0.376. The van der Waals surface area contributed by atoms with Crippen molar-refractivity contribution in [3.8, 4) is 0 Å². The maximum atomic E-state index is 6.39. The molecule has 2 aliphatic heterocycles. The smallest absolute Gasteiger partial charge is 0.168 e. The monoisotopic (exact) mass is 452 g/mol. The van der Waals surface area contributed by atoms with Crippen LogP contribution in [0.1, 0.15) is 130 Å². The van der Waals surface area contributed by atoms with E-state index in [0.717, 1.165) is 52.1 Å². The molecule has 0 atom stereocenters. The third kappa shape index (κ3) is 8.56. The Kier molecular flexibility index (Phi) is 9.92. The molecule has 0 N–H and O–H groups in total. The molecule has 0 amide bonds. The SMILES string of the molecule is CC1(C)COC2(CCCCCCCCC3(CCCCCCCC2)OCC(C)(C)CO3)OC1. The summed E-state index contributed by atoms with van der Waals surface area (Å²) >= 11 is 0. The molecule has 0 aromatic carbocycles. The van der Waals surface area contributed by atoms with Crippen LogP contribution in [0.4, 0.5) is 0 Å². The maximum absolute atomic E-state index is 6.39. The topological polar surface area (TPSA) is 36.9 Å². The van der Waals surface area contributed by atoms with E-state index in [1.807, 2.05) is 0 Å². The van der Waals surface area contributed by atoms with Gasteiger partial charge < -0.3 is 18.9 Å². The highest BCUT2D eigenvalue weighted by Crippen LogP contribution is 2.38. The molecular weight excluding hydrogens is 400 g/mol. The van der Waals surface area contributed by atoms with Crippen LogP contribution in [0, 0.1) is 10.8 Å². The lowest BCUT2D eigenvalue weighted by Crippen LogP contribution is -2.47. The van der Waals surface area contributed by atoms with Gasteiger partial charge in [-0.3, -0.25) is 0 Å². The second-order valence-electron chi connectivity index (χ2n) is 12.5. The molecule has 0 bridgehead atoms. The largest absolute Gasteiger partial charge is 0.349 e. The number of ether oxygens (including phenoxy) is 4. The highest BCUT2D eigenvalue weighted by Gasteiger charge is 2.40. The lowest BCUT2D eigenvalue weighted by Gasteiger charge is -2.44. The molecule has 1 saturated carbocycles. The minimum atomic E-state index is -0.309. The van der Waals surface area contributed by atoms with E-state index in [4.69, 9.17) is 18.9 Å². The van der Waals surface area contributed by atoms with Gasteiger partial charge in [-0.15, -0.1) is 0 Å². The highest BCUT2D eigenvalue weighted by atomic mass is 16.7. The van der Waals surface area contributed by atoms with Gasteiger partial charge in [0.1, 0.15) is 0 Å². The van der Waals surface area contributed by atoms with Crippen LogP contribution in [0.3, 0.4) is 0 Å². The summed E-state index contributed by atoms with van der Waals surface area (Å²) in [6.45, 7) is 12.3. The minimum Gasteiger partial charge on any atom is -0.349 e. The van der Waals surface area contributed by atoms with Crippen LogP contribution in [-0.4, -0.2) is 38.0 Å². The summed E-state index contributed by atoms with van der Waals surface area (Å²) in [5, 5.41) is 0. The molecule has 1 aliphatic carbocycles. The Morgan fingerprint density at radius 3 is 0.812 bits per heavy atom. The Morgan fingerprint density at radius 1 is 0.344 bits per heavy atom. The van der Waals surface area contributed by atoms with Crippen molar-refractivity contribution in [3.63, 3.8) is 0 Å². The average molecular weight is 453 g/mol. The maximum Gasteiger partial charge on any atom is 0.168 e. The number of hydrogen-bond acceptors (Lipinski definition) is 4. The first-order valence-electron chi connectivity index (χ1n) is 13.8. The molecular formula is C28H52O4. The van der Waals surface area contributed by atoms with Gasteiger partial charge in [-0.1, -0.05) is 79.1 Å². The Bertz CT molecular complexity index is 450. The average Bonchev–Trinajstić information content (AvgIpc) is 2.75. The molecule has 0 radical (unpaired) electrons. The van der Waals surface area contributed by atoms with Crippen molar-refractivity contribution in [2.24, 2.45) is 10.8 Å². The van der Waals surface area contributed by atoms with Crippen molar-refractivity contribution in [3.05, 3.63) is 0 Å². The van der Waals surface area contributed by atoms with Crippen molar-refractivity contribution in [2.45, 2.75) is 142 Å². The molecule has 0 unspecified atom stereocenters. The normalized spacial score (nSPS) is 30.4. The zero-order valence-electron chi connectivity index (χ0n) is 21.8. The Balaban J connectivity index is 1.48. The summed E-state index contributed by atoms with van der Waals surface area (Å²) in [5.74, 6) is -0.618. The van der Waals surface area contributed by atoms with E-state index >= 15 is 0 Å². The molecule has 0 aromatic rings. The predicted molar refractivity (Wildman–Crippen MR) is 131 cm³/mol. The molecule has 0 aromatic heterocycles. The number of rotatable bonds is 0. The fourth-order valence-electron chi connectivity index (χ4n) is 5.29. The van der Waals surface area contributed by atoms with E-state index in [1.165, 1.54) is 77.0 Å². The number of hydrogen-bond donors (Lipinski definition) is 0. The first-order valence-corrected chi connectivity index (χ1v) is 13.8. The van der Waals surface area contributed by atoms with Crippen molar-refractivity contribution in [1.82, 2.24) is 0 Å². The standard InChI is InChI=1S/C28H52O4/c1-25(2)21-29-27(30-22-25)17-13-9-5-7-11-15-19-28(31-23-26(3,4)24-32-28)20-16-12-8-6-10-14-18-27/h5-24H2,1-4H3. The van der Waals surface area contributed by atoms with Crippen LogP contribution in [-0.2, 0) is 18.9 Å². The van der Waals surface area contributed by atoms with Gasteiger partial charge >= 0.3 is 0 Å². The van der Waals surface area contributed by atoms with E-state index in [1.54, 1.807) is 0 Å². The molecule has 32 heavy (non-hydrogen) atoms. The van der Waals surface area contributed by atoms with E-state index < -0.39 is 0 Å². The Labute approximate surface area is 198 Å². The minimum absolute atomic E-state index is 0.149. The predicted octanol–water partition coefficient (Wildman–Crippen LogP) is 7.78. The second kappa shape index (κ2) is 12.0. The fourth-order valence-corrected chi connectivity index (χ4v) is 5.29.